The number of benzene rings is 2. The van der Waals surface area contributed by atoms with Crippen LogP contribution in [0.25, 0.3) is 11.0 Å². The first-order valence-electron chi connectivity index (χ1n) is 11.2. The number of hydrogen-bond donors (Lipinski definition) is 1. The van der Waals surface area contributed by atoms with E-state index in [2.05, 4.69) is 24.1 Å². The molecule has 0 saturated carbocycles. The highest BCUT2D eigenvalue weighted by atomic mass is 16.5. The molecule has 1 aliphatic rings. The van der Waals surface area contributed by atoms with Crippen LogP contribution in [0.15, 0.2) is 42.5 Å². The minimum absolute atomic E-state index is 0.179. The number of carbonyl (C=O) groups excluding carboxylic acids is 2. The Labute approximate surface area is 192 Å². The summed E-state index contributed by atoms with van der Waals surface area (Å²) in [6, 6.07) is 12.4. The topological polar surface area (TPSA) is 91.7 Å². The fraction of sp³-hybridized carbons (Fsp3) is 0.400. The molecule has 1 aromatic heterocycles. The molecule has 1 N–H and O–H groups in total. The number of para-hydroxylation sites is 2. The summed E-state index contributed by atoms with van der Waals surface area (Å²) in [6.07, 6.45) is 0.920. The number of aromatic nitrogens is 2. The van der Waals surface area contributed by atoms with Crippen molar-refractivity contribution in [2.75, 3.05) is 25.6 Å². The van der Waals surface area contributed by atoms with Gasteiger partial charge in [0, 0.05) is 0 Å². The second-order valence-electron chi connectivity index (χ2n) is 8.40. The zero-order valence-corrected chi connectivity index (χ0v) is 19.3. The van der Waals surface area contributed by atoms with Gasteiger partial charge in [0.1, 0.15) is 0 Å². The van der Waals surface area contributed by atoms with Crippen molar-refractivity contribution in [2.45, 2.75) is 33.2 Å². The summed E-state index contributed by atoms with van der Waals surface area (Å²) < 4.78 is 18.7. The number of fused-ring (bicyclic) bond motifs is 3. The van der Waals surface area contributed by atoms with Gasteiger partial charge < -0.3 is 18.8 Å². The summed E-state index contributed by atoms with van der Waals surface area (Å²) in [6.45, 7) is 6.75. The van der Waals surface area contributed by atoms with E-state index >= 15 is 0 Å². The summed E-state index contributed by atoms with van der Waals surface area (Å²) >= 11 is 0. The van der Waals surface area contributed by atoms with E-state index in [9.17, 15) is 9.59 Å². The standard InChI is InChI=1S/C25H29N3O5/c1-5-32-24(30)21-22(16-10-11-19(20(14-16)31-4)33-13-12-15(2)3)28-18-9-7-6-8-17(18)26-25(28)27-23(21)29/h6-11,14-15,21-22H,5,12-13H2,1-4H3,(H,26,27,29)/t21-,22-/m0/s1. The third-order valence-corrected chi connectivity index (χ3v) is 5.73. The second kappa shape index (κ2) is 9.52. The fourth-order valence-corrected chi connectivity index (χ4v) is 4.10. The van der Waals surface area contributed by atoms with Crippen LogP contribution in [-0.2, 0) is 14.3 Å². The number of esters is 1. The molecular formula is C25H29N3O5. The van der Waals surface area contributed by atoms with Crippen molar-refractivity contribution in [3.05, 3.63) is 48.0 Å². The van der Waals surface area contributed by atoms with Crippen molar-refractivity contribution >= 4 is 28.9 Å². The molecule has 0 saturated heterocycles. The van der Waals surface area contributed by atoms with Gasteiger partial charge in [0.05, 0.1) is 37.4 Å². The molecule has 4 rings (SSSR count). The molecule has 0 spiro atoms. The molecular weight excluding hydrogens is 422 g/mol. The second-order valence-corrected chi connectivity index (χ2v) is 8.40. The highest BCUT2D eigenvalue weighted by Crippen LogP contribution is 2.41. The lowest BCUT2D eigenvalue weighted by Crippen LogP contribution is -2.43. The molecule has 1 amide bonds. The number of hydrogen-bond acceptors (Lipinski definition) is 6. The first-order chi connectivity index (χ1) is 15.9. The van der Waals surface area contributed by atoms with Crippen LogP contribution in [0.3, 0.4) is 0 Å². The van der Waals surface area contributed by atoms with E-state index in [4.69, 9.17) is 14.2 Å². The fourth-order valence-electron chi connectivity index (χ4n) is 4.10. The van der Waals surface area contributed by atoms with E-state index in [0.29, 0.717) is 30.0 Å². The number of ether oxygens (including phenoxy) is 3. The van der Waals surface area contributed by atoms with E-state index in [0.717, 1.165) is 23.0 Å². The lowest BCUT2D eigenvalue weighted by Gasteiger charge is -2.32. The Morgan fingerprint density at radius 3 is 2.70 bits per heavy atom. The Hall–Kier alpha value is -3.55. The summed E-state index contributed by atoms with van der Waals surface area (Å²) in [4.78, 5) is 30.5. The molecule has 2 atom stereocenters. The van der Waals surface area contributed by atoms with Crippen LogP contribution in [0.4, 0.5) is 5.95 Å². The molecule has 8 heteroatoms. The van der Waals surface area contributed by atoms with Crippen LogP contribution in [0.2, 0.25) is 0 Å². The molecule has 2 aromatic carbocycles. The molecule has 0 fully saturated rings. The zero-order chi connectivity index (χ0) is 23.5. The van der Waals surface area contributed by atoms with Gasteiger partial charge in [-0.25, -0.2) is 4.98 Å². The number of methoxy groups -OCH3 is 1. The van der Waals surface area contributed by atoms with Crippen molar-refractivity contribution < 1.29 is 23.8 Å². The van der Waals surface area contributed by atoms with Gasteiger partial charge in [0.2, 0.25) is 11.9 Å². The summed E-state index contributed by atoms with van der Waals surface area (Å²) in [5, 5.41) is 2.77. The summed E-state index contributed by atoms with van der Waals surface area (Å²) in [7, 11) is 1.57. The van der Waals surface area contributed by atoms with Crippen LogP contribution in [-0.4, -0.2) is 41.8 Å². The van der Waals surface area contributed by atoms with Gasteiger partial charge in [-0.15, -0.1) is 0 Å². The zero-order valence-electron chi connectivity index (χ0n) is 19.3. The monoisotopic (exact) mass is 451 g/mol. The van der Waals surface area contributed by atoms with E-state index < -0.39 is 23.8 Å². The number of imidazole rings is 1. The Kier molecular flexibility index (Phi) is 6.53. The third kappa shape index (κ3) is 4.37. The van der Waals surface area contributed by atoms with Crippen LogP contribution in [0.1, 0.15) is 38.8 Å². The largest absolute Gasteiger partial charge is 0.493 e. The summed E-state index contributed by atoms with van der Waals surface area (Å²) in [5.41, 5.74) is 2.26. The first kappa shape index (κ1) is 22.6. The Balaban J connectivity index is 1.82. The van der Waals surface area contributed by atoms with E-state index in [1.807, 2.05) is 47.0 Å². The van der Waals surface area contributed by atoms with Crippen LogP contribution >= 0.6 is 0 Å². The maximum Gasteiger partial charge on any atom is 0.321 e. The number of amides is 1. The van der Waals surface area contributed by atoms with Gasteiger partial charge in [0.15, 0.2) is 17.4 Å². The predicted molar refractivity (Wildman–Crippen MR) is 125 cm³/mol. The van der Waals surface area contributed by atoms with Crippen LogP contribution in [0, 0.1) is 11.8 Å². The van der Waals surface area contributed by atoms with Crippen molar-refractivity contribution in [2.24, 2.45) is 11.8 Å². The highest BCUT2D eigenvalue weighted by molar-refractivity contribution is 6.07. The van der Waals surface area contributed by atoms with Gasteiger partial charge >= 0.3 is 5.97 Å². The molecule has 3 aromatic rings. The number of anilines is 1. The molecule has 33 heavy (non-hydrogen) atoms. The predicted octanol–water partition coefficient (Wildman–Crippen LogP) is 4.19. The molecule has 0 radical (unpaired) electrons. The number of rotatable bonds is 8. The molecule has 1 aliphatic heterocycles. The number of carbonyl (C=O) groups is 2. The number of nitrogens with one attached hydrogen (secondary N) is 1. The molecule has 2 heterocycles. The van der Waals surface area contributed by atoms with Crippen molar-refractivity contribution in [3.8, 4) is 11.5 Å². The SMILES string of the molecule is CCOC(=O)[C@@H]1C(=O)Nc2nc3ccccc3n2[C@H]1c1ccc(OCCC(C)C)c(OC)c1. The van der Waals surface area contributed by atoms with E-state index in [-0.39, 0.29) is 6.61 Å². The lowest BCUT2D eigenvalue weighted by atomic mass is 9.90. The maximum absolute atomic E-state index is 13.0. The summed E-state index contributed by atoms with van der Waals surface area (Å²) in [5.74, 6) is -0.0386. The third-order valence-electron chi connectivity index (χ3n) is 5.73. The average Bonchev–Trinajstić information content (AvgIpc) is 3.16. The molecule has 174 valence electrons. The maximum atomic E-state index is 13.0. The average molecular weight is 452 g/mol. The van der Waals surface area contributed by atoms with Crippen molar-refractivity contribution in [3.63, 3.8) is 0 Å². The highest BCUT2D eigenvalue weighted by Gasteiger charge is 2.44. The van der Waals surface area contributed by atoms with Gasteiger partial charge in [-0.2, -0.15) is 0 Å². The van der Waals surface area contributed by atoms with Crippen molar-refractivity contribution in [1.29, 1.82) is 0 Å². The lowest BCUT2D eigenvalue weighted by molar-refractivity contribution is -0.152. The normalized spacial score (nSPS) is 17.5. The van der Waals surface area contributed by atoms with Crippen molar-refractivity contribution in [1.82, 2.24) is 9.55 Å². The minimum Gasteiger partial charge on any atom is -0.493 e. The Bertz CT molecular complexity index is 1170. The van der Waals surface area contributed by atoms with Gasteiger partial charge in [0.25, 0.3) is 0 Å². The molecule has 8 nitrogen and oxygen atoms in total. The minimum atomic E-state index is -1.08. The van der Waals surface area contributed by atoms with E-state index in [1.165, 1.54) is 0 Å². The molecule has 0 aliphatic carbocycles. The number of nitrogens with zero attached hydrogens (tertiary/aromatic N) is 2. The molecule has 0 bridgehead atoms. The quantitative estimate of drug-likeness (QED) is 0.408. The molecule has 0 unspecified atom stereocenters. The first-order valence-corrected chi connectivity index (χ1v) is 11.2. The van der Waals surface area contributed by atoms with Crippen LogP contribution in [0.5, 0.6) is 11.5 Å². The van der Waals surface area contributed by atoms with E-state index in [1.54, 1.807) is 14.0 Å². The van der Waals surface area contributed by atoms with Gasteiger partial charge in [-0.05, 0) is 49.1 Å². The Morgan fingerprint density at radius 2 is 1.97 bits per heavy atom. The van der Waals surface area contributed by atoms with Gasteiger partial charge in [-0.1, -0.05) is 32.0 Å². The Morgan fingerprint density at radius 1 is 1.18 bits per heavy atom. The van der Waals surface area contributed by atoms with Crippen LogP contribution < -0.4 is 14.8 Å². The smallest absolute Gasteiger partial charge is 0.321 e. The van der Waals surface area contributed by atoms with Gasteiger partial charge in [-0.3, -0.25) is 14.9 Å².